The first kappa shape index (κ1) is 38.9. The first-order valence-corrected chi connectivity index (χ1v) is 22.6. The molecule has 0 aliphatic carbocycles. The zero-order valence-corrected chi connectivity index (χ0v) is 34.4. The van der Waals surface area contributed by atoms with Gasteiger partial charge in [-0.2, -0.15) is 0 Å². The summed E-state index contributed by atoms with van der Waals surface area (Å²) in [6, 6.07) is 28.9. The minimum atomic E-state index is -2.53. The summed E-state index contributed by atoms with van der Waals surface area (Å²) in [6.07, 6.45) is -1.09. The summed E-state index contributed by atoms with van der Waals surface area (Å²) in [4.78, 5) is 45.4. The van der Waals surface area contributed by atoms with Crippen LogP contribution in [0, 0.1) is 5.92 Å². The van der Waals surface area contributed by atoms with E-state index in [9.17, 15) is 19.8 Å². The lowest BCUT2D eigenvalue weighted by Crippen LogP contribution is -2.52. The fourth-order valence-electron chi connectivity index (χ4n) is 9.10. The Hall–Kier alpha value is -4.33. The third kappa shape index (κ3) is 7.03. The highest BCUT2D eigenvalue weighted by Gasteiger charge is 2.66. The van der Waals surface area contributed by atoms with Gasteiger partial charge in [0.1, 0.15) is 11.9 Å². The van der Waals surface area contributed by atoms with Crippen molar-refractivity contribution in [1.82, 2.24) is 4.90 Å². The van der Waals surface area contributed by atoms with E-state index in [1.807, 2.05) is 60.7 Å². The van der Waals surface area contributed by atoms with Gasteiger partial charge in [0, 0.05) is 28.2 Å². The van der Waals surface area contributed by atoms with Gasteiger partial charge < -0.3 is 34.8 Å². The summed E-state index contributed by atoms with van der Waals surface area (Å²) in [5, 5.41) is 24.0. The number of fused-ring (bicyclic) bond motifs is 3. The molecule has 288 valence electrons. The Balaban J connectivity index is 1.26. The number of hydrogen-bond donors (Lipinski definition) is 3. The normalized spacial score (nSPS) is 23.7. The van der Waals surface area contributed by atoms with E-state index in [4.69, 9.17) is 9.47 Å². The van der Waals surface area contributed by atoms with Crippen LogP contribution >= 0.6 is 15.9 Å². The predicted octanol–water partition coefficient (Wildman–Crippen LogP) is 5.88. The zero-order valence-electron chi connectivity index (χ0n) is 31.8. The highest BCUT2D eigenvalue weighted by Crippen LogP contribution is 2.60. The van der Waals surface area contributed by atoms with Crippen molar-refractivity contribution >= 4 is 58.3 Å². The van der Waals surface area contributed by atoms with Gasteiger partial charge in [0.15, 0.2) is 5.60 Å². The number of anilines is 2. The molecule has 3 aliphatic heterocycles. The Labute approximate surface area is 331 Å². The van der Waals surface area contributed by atoms with E-state index < -0.39 is 31.8 Å². The van der Waals surface area contributed by atoms with Gasteiger partial charge in [-0.05, 0) is 78.0 Å². The number of aliphatic hydroxyl groups is 2. The maximum atomic E-state index is 15.2. The molecule has 55 heavy (non-hydrogen) atoms. The second-order valence-corrected chi connectivity index (χ2v) is 21.2. The number of nitrogens with zero attached hydrogens (tertiary/aromatic N) is 2. The number of amides is 3. The van der Waals surface area contributed by atoms with E-state index in [1.54, 1.807) is 29.0 Å². The quantitative estimate of drug-likeness (QED) is 0.171. The summed E-state index contributed by atoms with van der Waals surface area (Å²) in [5.74, 6) is -0.344. The summed E-state index contributed by atoms with van der Waals surface area (Å²) >= 11 is 3.67. The van der Waals surface area contributed by atoms with Crippen LogP contribution in [0.15, 0.2) is 95.5 Å². The lowest BCUT2D eigenvalue weighted by Gasteiger charge is -2.39. The molecule has 0 saturated carbocycles. The number of methoxy groups -OCH3 is 1. The Kier molecular flexibility index (Phi) is 10.8. The molecule has 3 aliphatic rings. The molecule has 0 bridgehead atoms. The topological polar surface area (TPSA) is 129 Å². The molecule has 7 rings (SSSR count). The van der Waals surface area contributed by atoms with Crippen LogP contribution in [-0.4, -0.2) is 72.9 Å². The van der Waals surface area contributed by atoms with E-state index in [1.165, 1.54) is 12.1 Å². The molecule has 1 fully saturated rings. The first-order chi connectivity index (χ1) is 26.3. The number of rotatable bonds is 10. The monoisotopic (exact) mass is 825 g/mol. The number of aliphatic hydroxyl groups excluding tert-OH is 2. The van der Waals surface area contributed by atoms with E-state index in [0.29, 0.717) is 18.7 Å². The highest BCUT2D eigenvalue weighted by atomic mass is 79.9. The fraction of sp³-hybridized carbons (Fsp3) is 0.372. The van der Waals surface area contributed by atoms with Crippen molar-refractivity contribution in [2.24, 2.45) is 5.92 Å². The van der Waals surface area contributed by atoms with Gasteiger partial charge in [-0.3, -0.25) is 14.4 Å². The summed E-state index contributed by atoms with van der Waals surface area (Å²) in [6.45, 7) is 8.61. The standard InChI is InChI=1S/C43H48BrN3O7Si/c1-26-40(55(4,5)35-17-15-34(53-3)16-18-35)38(22-39(50)46-24-30-9-7-6-8-29(30)20-33(46)25-48)54-43(26)36-21-31(44)12-19-37(36)47(42(43)52)23-28-10-13-32(14-11-28)45-41(51)27(2)49/h6-19,21,26-27,33,38,40,48-49H,20,22-25H2,1-5H3,(H,45,51)/t26-,27-,33-,38+,40-,43+/m0/s1. The maximum absolute atomic E-state index is 15.2. The first-order valence-electron chi connectivity index (χ1n) is 18.8. The van der Waals surface area contributed by atoms with Crippen LogP contribution in [-0.2, 0) is 44.2 Å². The van der Waals surface area contributed by atoms with Crippen molar-refractivity contribution in [3.8, 4) is 5.75 Å². The van der Waals surface area contributed by atoms with Crippen molar-refractivity contribution in [2.75, 3.05) is 23.9 Å². The van der Waals surface area contributed by atoms with Crippen LogP contribution in [0.25, 0.3) is 0 Å². The number of carbonyl (C=O) groups excluding carboxylic acids is 3. The van der Waals surface area contributed by atoms with Crippen LogP contribution in [0.2, 0.25) is 18.6 Å². The molecule has 1 saturated heterocycles. The van der Waals surface area contributed by atoms with Crippen LogP contribution in [0.5, 0.6) is 5.75 Å². The second-order valence-electron chi connectivity index (χ2n) is 15.6. The van der Waals surface area contributed by atoms with Gasteiger partial charge in [-0.25, -0.2) is 0 Å². The largest absolute Gasteiger partial charge is 0.497 e. The molecule has 6 atom stereocenters. The van der Waals surface area contributed by atoms with E-state index in [-0.39, 0.29) is 48.9 Å². The van der Waals surface area contributed by atoms with Crippen molar-refractivity contribution in [1.29, 1.82) is 0 Å². The Morgan fingerprint density at radius 2 is 1.73 bits per heavy atom. The molecule has 4 aromatic rings. The number of carbonyl (C=O) groups is 3. The number of benzene rings is 4. The van der Waals surface area contributed by atoms with Gasteiger partial charge in [0.25, 0.3) is 11.8 Å². The molecular formula is C43H48BrN3O7Si. The Morgan fingerprint density at radius 1 is 1.04 bits per heavy atom. The molecule has 10 nitrogen and oxygen atoms in total. The Morgan fingerprint density at radius 3 is 2.38 bits per heavy atom. The third-order valence-electron chi connectivity index (χ3n) is 12.0. The van der Waals surface area contributed by atoms with Crippen molar-refractivity contribution in [3.05, 3.63) is 118 Å². The predicted molar refractivity (Wildman–Crippen MR) is 218 cm³/mol. The van der Waals surface area contributed by atoms with E-state index in [2.05, 4.69) is 59.5 Å². The Bertz CT molecular complexity index is 2090. The molecule has 0 aromatic heterocycles. The summed E-state index contributed by atoms with van der Waals surface area (Å²) in [5.41, 5.74) is 3.59. The molecular weight excluding hydrogens is 778 g/mol. The van der Waals surface area contributed by atoms with Gasteiger partial charge in [0.2, 0.25) is 5.91 Å². The van der Waals surface area contributed by atoms with Gasteiger partial charge in [0.05, 0.1) is 52.6 Å². The molecule has 0 unspecified atom stereocenters. The SMILES string of the molecule is COc1ccc([Si](C)(C)[C@@H]2[C@@H](CC(=O)N3Cc4ccccc4C[C@H]3CO)O[C@]3(C(=O)N(Cc4ccc(NC(=O)[C@H](C)O)cc4)c4ccc(Br)cc43)[C@H]2C)cc1. The zero-order chi connectivity index (χ0) is 39.2. The van der Waals surface area contributed by atoms with Crippen LogP contribution in [0.1, 0.15) is 42.5 Å². The van der Waals surface area contributed by atoms with Crippen LogP contribution < -0.4 is 20.1 Å². The number of ether oxygens (including phenoxy) is 2. The number of halogens is 1. The average molecular weight is 827 g/mol. The van der Waals surface area contributed by atoms with Crippen LogP contribution in [0.4, 0.5) is 11.4 Å². The van der Waals surface area contributed by atoms with Gasteiger partial charge in [-0.15, -0.1) is 0 Å². The van der Waals surface area contributed by atoms with E-state index >= 15 is 4.79 Å². The lowest BCUT2D eigenvalue weighted by molar-refractivity contribution is -0.151. The maximum Gasteiger partial charge on any atom is 0.264 e. The number of hydrogen-bond acceptors (Lipinski definition) is 7. The minimum Gasteiger partial charge on any atom is -0.497 e. The van der Waals surface area contributed by atoms with E-state index in [0.717, 1.165) is 38.2 Å². The highest BCUT2D eigenvalue weighted by molar-refractivity contribution is 9.10. The van der Waals surface area contributed by atoms with Crippen molar-refractivity contribution < 1.29 is 34.1 Å². The molecule has 4 aromatic carbocycles. The summed E-state index contributed by atoms with van der Waals surface area (Å²) < 4.78 is 13.6. The van der Waals surface area contributed by atoms with Gasteiger partial charge >= 0.3 is 0 Å². The summed E-state index contributed by atoms with van der Waals surface area (Å²) in [7, 11) is -0.881. The lowest BCUT2D eigenvalue weighted by atomic mass is 9.82. The molecule has 12 heteroatoms. The molecule has 3 heterocycles. The van der Waals surface area contributed by atoms with Crippen molar-refractivity contribution in [3.63, 3.8) is 0 Å². The number of nitrogens with one attached hydrogen (secondary N) is 1. The minimum absolute atomic E-state index is 0.0677. The third-order valence-corrected chi connectivity index (χ3v) is 16.9. The fourth-order valence-corrected chi connectivity index (χ4v) is 13.5. The molecule has 3 N–H and O–H groups in total. The van der Waals surface area contributed by atoms with Gasteiger partial charge in [-0.1, -0.05) is 89.7 Å². The van der Waals surface area contributed by atoms with Crippen molar-refractivity contribution in [2.45, 2.75) is 82.3 Å². The smallest absolute Gasteiger partial charge is 0.264 e. The molecule has 1 spiro atoms. The van der Waals surface area contributed by atoms with Crippen LogP contribution in [0.3, 0.4) is 0 Å². The molecule has 0 radical (unpaired) electrons. The second kappa shape index (κ2) is 15.3. The average Bonchev–Trinajstić information content (AvgIpc) is 3.60. The molecule has 3 amide bonds.